The van der Waals surface area contributed by atoms with Crippen LogP contribution in [0.5, 0.6) is 0 Å². The van der Waals surface area contributed by atoms with Crippen molar-refractivity contribution in [1.82, 2.24) is 5.32 Å². The summed E-state index contributed by atoms with van der Waals surface area (Å²) in [7, 11) is 0. The van der Waals surface area contributed by atoms with Gasteiger partial charge < -0.3 is 5.32 Å². The largest absolute Gasteiger partial charge is 0.303 e. The van der Waals surface area contributed by atoms with Gasteiger partial charge in [-0.2, -0.15) is 0 Å². The summed E-state index contributed by atoms with van der Waals surface area (Å²) in [6.45, 7) is 2.28. The Bertz CT molecular complexity index is 518. The number of nitrogens with one attached hydrogen (secondary N) is 1. The van der Waals surface area contributed by atoms with E-state index in [1.165, 1.54) is 27.0 Å². The highest BCUT2D eigenvalue weighted by atomic mass is 127. The molecule has 0 bridgehead atoms. The van der Waals surface area contributed by atoms with Gasteiger partial charge in [-0.25, -0.2) is 0 Å². The molecule has 2 heterocycles. The molecule has 2 atom stereocenters. The van der Waals surface area contributed by atoms with E-state index in [1.807, 2.05) is 22.7 Å². The van der Waals surface area contributed by atoms with E-state index in [-0.39, 0.29) is 0 Å². The first-order chi connectivity index (χ1) is 8.74. The van der Waals surface area contributed by atoms with Crippen molar-refractivity contribution >= 4 is 45.3 Å². The highest BCUT2D eigenvalue weighted by Gasteiger charge is 2.24. The second-order valence-corrected chi connectivity index (χ2v) is 8.79. The maximum absolute atomic E-state index is 3.80. The maximum atomic E-state index is 3.80. The molecule has 0 fully saturated rings. The third kappa shape index (κ3) is 2.66. The standard InChI is InChI=1S/C14H16INS2/c1-9(12-6-3-7-17-12)16-11-4-2-5-13-10(11)8-14(15)18-13/h3,6-9,11,16H,2,4-5H2,1H3/t9-,11?/m0/s1. The molecule has 1 unspecified atom stereocenters. The molecule has 4 heteroatoms. The Kier molecular flexibility index (Phi) is 4.08. The van der Waals surface area contributed by atoms with Crippen molar-refractivity contribution in [2.75, 3.05) is 0 Å². The van der Waals surface area contributed by atoms with Crippen LogP contribution in [-0.2, 0) is 6.42 Å². The van der Waals surface area contributed by atoms with Gasteiger partial charge in [0.25, 0.3) is 0 Å². The van der Waals surface area contributed by atoms with Crippen molar-refractivity contribution in [3.63, 3.8) is 0 Å². The first kappa shape index (κ1) is 13.1. The quantitative estimate of drug-likeness (QED) is 0.717. The Morgan fingerprint density at radius 1 is 1.50 bits per heavy atom. The van der Waals surface area contributed by atoms with E-state index < -0.39 is 0 Å². The predicted octanol–water partition coefficient (Wildman–Crippen LogP) is 5.14. The van der Waals surface area contributed by atoms with Crippen molar-refractivity contribution in [3.05, 3.63) is 41.8 Å². The molecule has 0 spiro atoms. The third-order valence-corrected chi connectivity index (χ3v) is 6.53. The summed E-state index contributed by atoms with van der Waals surface area (Å²) in [5.74, 6) is 0. The molecule has 1 nitrogen and oxygen atoms in total. The SMILES string of the molecule is C[C@H](NC1CCCc2sc(I)cc21)c1cccs1. The zero-order valence-corrected chi connectivity index (χ0v) is 14.1. The van der Waals surface area contributed by atoms with Crippen LogP contribution in [0.25, 0.3) is 0 Å². The van der Waals surface area contributed by atoms with Crippen LogP contribution in [0.3, 0.4) is 0 Å². The summed E-state index contributed by atoms with van der Waals surface area (Å²) >= 11 is 6.26. The monoisotopic (exact) mass is 389 g/mol. The van der Waals surface area contributed by atoms with Crippen LogP contribution < -0.4 is 5.32 Å². The summed E-state index contributed by atoms with van der Waals surface area (Å²) in [4.78, 5) is 3.04. The number of hydrogen-bond donors (Lipinski definition) is 1. The first-order valence-corrected chi connectivity index (χ1v) is 9.09. The van der Waals surface area contributed by atoms with Crippen molar-refractivity contribution in [1.29, 1.82) is 0 Å². The summed E-state index contributed by atoms with van der Waals surface area (Å²) < 4.78 is 1.43. The van der Waals surface area contributed by atoms with Crippen molar-refractivity contribution in [3.8, 4) is 0 Å². The molecule has 0 amide bonds. The average molecular weight is 389 g/mol. The number of rotatable bonds is 3. The summed E-state index contributed by atoms with van der Waals surface area (Å²) in [6.07, 6.45) is 3.86. The van der Waals surface area contributed by atoms with Gasteiger partial charge in [-0.1, -0.05) is 6.07 Å². The van der Waals surface area contributed by atoms with Crippen LogP contribution in [0.1, 0.15) is 47.2 Å². The van der Waals surface area contributed by atoms with Crippen LogP contribution in [0.4, 0.5) is 0 Å². The molecule has 18 heavy (non-hydrogen) atoms. The molecule has 2 aromatic heterocycles. The molecular weight excluding hydrogens is 373 g/mol. The van der Waals surface area contributed by atoms with E-state index in [4.69, 9.17) is 0 Å². The fourth-order valence-corrected chi connectivity index (χ4v) is 5.48. The Labute approximate surface area is 130 Å². The molecule has 0 radical (unpaired) electrons. The van der Waals surface area contributed by atoms with E-state index in [1.54, 1.807) is 10.4 Å². The van der Waals surface area contributed by atoms with Crippen molar-refractivity contribution < 1.29 is 0 Å². The van der Waals surface area contributed by atoms with Crippen LogP contribution >= 0.6 is 45.3 Å². The number of fused-ring (bicyclic) bond motifs is 1. The molecule has 3 rings (SSSR count). The van der Waals surface area contributed by atoms with Crippen LogP contribution in [-0.4, -0.2) is 0 Å². The molecule has 1 N–H and O–H groups in total. The van der Waals surface area contributed by atoms with Gasteiger partial charge in [0, 0.05) is 21.8 Å². The molecular formula is C14H16INS2. The van der Waals surface area contributed by atoms with E-state index >= 15 is 0 Å². The second kappa shape index (κ2) is 5.61. The van der Waals surface area contributed by atoms with Gasteiger partial charge in [0.2, 0.25) is 0 Å². The molecule has 2 aromatic rings. The van der Waals surface area contributed by atoms with Gasteiger partial charge in [-0.3, -0.25) is 0 Å². The molecule has 1 aliphatic rings. The molecule has 0 saturated heterocycles. The van der Waals surface area contributed by atoms with E-state index in [9.17, 15) is 0 Å². The minimum Gasteiger partial charge on any atom is -0.303 e. The lowest BCUT2D eigenvalue weighted by Crippen LogP contribution is -2.26. The average Bonchev–Trinajstić information content (AvgIpc) is 2.96. The number of hydrogen-bond acceptors (Lipinski definition) is 3. The number of aryl methyl sites for hydroxylation is 1. The zero-order chi connectivity index (χ0) is 12.5. The van der Waals surface area contributed by atoms with Gasteiger partial charge in [-0.15, -0.1) is 22.7 Å². The minimum atomic E-state index is 0.457. The van der Waals surface area contributed by atoms with E-state index in [0.717, 1.165) is 0 Å². The molecule has 1 aliphatic carbocycles. The van der Waals surface area contributed by atoms with Gasteiger partial charge in [0.05, 0.1) is 2.88 Å². The molecule has 96 valence electrons. The fraction of sp³-hybridized carbons (Fsp3) is 0.429. The number of halogens is 1. The summed E-state index contributed by atoms with van der Waals surface area (Å²) in [6, 6.07) is 7.74. The highest BCUT2D eigenvalue weighted by molar-refractivity contribution is 14.1. The van der Waals surface area contributed by atoms with Crippen molar-refractivity contribution in [2.24, 2.45) is 0 Å². The van der Waals surface area contributed by atoms with Crippen LogP contribution in [0.15, 0.2) is 23.6 Å². The normalized spacial score (nSPS) is 20.7. The van der Waals surface area contributed by atoms with Gasteiger partial charge in [0.15, 0.2) is 0 Å². The first-order valence-electron chi connectivity index (χ1n) is 6.31. The van der Waals surface area contributed by atoms with E-state index in [2.05, 4.69) is 58.4 Å². The molecule has 0 aliphatic heterocycles. The van der Waals surface area contributed by atoms with E-state index in [0.29, 0.717) is 12.1 Å². The smallest absolute Gasteiger partial charge is 0.0659 e. The predicted molar refractivity (Wildman–Crippen MR) is 88.6 cm³/mol. The molecule has 0 aromatic carbocycles. The second-order valence-electron chi connectivity index (χ2n) is 4.78. The maximum Gasteiger partial charge on any atom is 0.0659 e. The highest BCUT2D eigenvalue weighted by Crippen LogP contribution is 2.37. The molecule has 0 saturated carbocycles. The Morgan fingerprint density at radius 2 is 2.39 bits per heavy atom. The van der Waals surface area contributed by atoms with Gasteiger partial charge >= 0.3 is 0 Å². The Balaban J connectivity index is 1.78. The minimum absolute atomic E-state index is 0.457. The Morgan fingerprint density at radius 3 is 3.17 bits per heavy atom. The fourth-order valence-electron chi connectivity index (χ4n) is 2.62. The Hall–Kier alpha value is 0.0900. The lowest BCUT2D eigenvalue weighted by Gasteiger charge is -2.26. The lowest BCUT2D eigenvalue weighted by atomic mass is 9.93. The van der Waals surface area contributed by atoms with Crippen molar-refractivity contribution in [2.45, 2.75) is 38.3 Å². The van der Waals surface area contributed by atoms with Crippen LogP contribution in [0.2, 0.25) is 0 Å². The topological polar surface area (TPSA) is 12.0 Å². The van der Waals surface area contributed by atoms with Gasteiger partial charge in [0.1, 0.15) is 0 Å². The van der Waals surface area contributed by atoms with Crippen LogP contribution in [0, 0.1) is 2.88 Å². The number of thiophene rings is 2. The third-order valence-electron chi connectivity index (χ3n) is 3.50. The zero-order valence-electron chi connectivity index (χ0n) is 10.3. The lowest BCUT2D eigenvalue weighted by molar-refractivity contribution is 0.421. The van der Waals surface area contributed by atoms with Gasteiger partial charge in [-0.05, 0) is 71.9 Å². The summed E-state index contributed by atoms with van der Waals surface area (Å²) in [5.41, 5.74) is 1.55. The summed E-state index contributed by atoms with van der Waals surface area (Å²) in [5, 5.41) is 5.96.